The van der Waals surface area contributed by atoms with E-state index in [1.165, 1.54) is 10.9 Å². The van der Waals surface area contributed by atoms with Gasteiger partial charge < -0.3 is 5.32 Å². The van der Waals surface area contributed by atoms with Crippen LogP contribution < -0.4 is 5.32 Å². The number of carbonyl (C=O) groups is 1. The first-order valence-electron chi connectivity index (χ1n) is 5.13. The van der Waals surface area contributed by atoms with Gasteiger partial charge in [0.15, 0.2) is 0 Å². The fourth-order valence-electron chi connectivity index (χ4n) is 1.47. The molecule has 0 bridgehead atoms. The topological polar surface area (TPSA) is 119 Å². The molecule has 19 heavy (non-hydrogen) atoms. The summed E-state index contributed by atoms with van der Waals surface area (Å²) in [7, 11) is 1.67. The van der Waals surface area contributed by atoms with Crippen molar-refractivity contribution < 1.29 is 9.72 Å². The highest BCUT2D eigenvalue weighted by molar-refractivity contribution is 6.31. The van der Waals surface area contributed by atoms with Crippen LogP contribution in [0.15, 0.2) is 12.4 Å². The predicted octanol–water partition coefficient (Wildman–Crippen LogP) is 0.635. The van der Waals surface area contributed by atoms with Crippen molar-refractivity contribution in [1.82, 2.24) is 25.3 Å². The summed E-state index contributed by atoms with van der Waals surface area (Å²) in [6.45, 7) is 0.102. The number of hydrogen-bond donors (Lipinski definition) is 2. The standard InChI is InChI=1S/C9H9ClN6O3/c1-15-6(5(10)2-13-15)3-11-9(17)8-7(16(18)19)4-12-14-8/h2,4H,3H2,1H3,(H,11,17)(H,12,14). The minimum absolute atomic E-state index is 0.102. The third-order valence-electron chi connectivity index (χ3n) is 2.47. The Labute approximate surface area is 111 Å². The summed E-state index contributed by atoms with van der Waals surface area (Å²) in [4.78, 5) is 21.8. The van der Waals surface area contributed by atoms with Gasteiger partial charge >= 0.3 is 5.69 Å². The maximum Gasteiger partial charge on any atom is 0.319 e. The summed E-state index contributed by atoms with van der Waals surface area (Å²) >= 11 is 5.87. The quantitative estimate of drug-likeness (QED) is 0.630. The molecule has 2 heterocycles. The molecule has 0 fully saturated rings. The molecule has 0 atom stereocenters. The molecule has 2 rings (SSSR count). The first-order valence-corrected chi connectivity index (χ1v) is 5.51. The number of amides is 1. The Morgan fingerprint density at radius 2 is 2.37 bits per heavy atom. The molecule has 0 unspecified atom stereocenters. The molecule has 0 aliphatic carbocycles. The van der Waals surface area contributed by atoms with Crippen LogP contribution >= 0.6 is 11.6 Å². The molecule has 0 aliphatic rings. The Bertz CT molecular complexity index is 614. The molecule has 0 spiro atoms. The van der Waals surface area contributed by atoms with Gasteiger partial charge in [-0.3, -0.25) is 24.7 Å². The Kier molecular flexibility index (Phi) is 3.47. The van der Waals surface area contributed by atoms with E-state index in [1.54, 1.807) is 7.05 Å². The number of H-pyrrole nitrogens is 1. The fraction of sp³-hybridized carbons (Fsp3) is 0.222. The zero-order valence-electron chi connectivity index (χ0n) is 9.75. The zero-order chi connectivity index (χ0) is 14.0. The molecule has 2 N–H and O–H groups in total. The molecular weight excluding hydrogens is 276 g/mol. The van der Waals surface area contributed by atoms with Crippen molar-refractivity contribution in [2.24, 2.45) is 7.05 Å². The highest BCUT2D eigenvalue weighted by atomic mass is 35.5. The number of aromatic amines is 1. The molecule has 9 nitrogen and oxygen atoms in total. The molecule has 0 radical (unpaired) electrons. The van der Waals surface area contributed by atoms with Gasteiger partial charge in [0.1, 0.15) is 6.20 Å². The van der Waals surface area contributed by atoms with Gasteiger partial charge in [-0.2, -0.15) is 10.2 Å². The van der Waals surface area contributed by atoms with Gasteiger partial charge in [-0.25, -0.2) is 0 Å². The maximum atomic E-state index is 11.8. The van der Waals surface area contributed by atoms with Gasteiger partial charge in [-0.05, 0) is 0 Å². The number of aryl methyl sites for hydroxylation is 1. The monoisotopic (exact) mass is 284 g/mol. The SMILES string of the molecule is Cn1ncc(Cl)c1CNC(=O)c1[nH]ncc1[N+](=O)[O-]. The molecular formula is C9H9ClN6O3. The lowest BCUT2D eigenvalue weighted by Crippen LogP contribution is -2.25. The van der Waals surface area contributed by atoms with Crippen molar-refractivity contribution in [3.8, 4) is 0 Å². The number of hydrogen-bond acceptors (Lipinski definition) is 5. The van der Waals surface area contributed by atoms with Crippen LogP contribution in [0.4, 0.5) is 5.69 Å². The predicted molar refractivity (Wildman–Crippen MR) is 64.6 cm³/mol. The number of nitro groups is 1. The molecule has 2 aromatic heterocycles. The number of aromatic nitrogens is 4. The first kappa shape index (κ1) is 13.0. The van der Waals surface area contributed by atoms with Crippen molar-refractivity contribution in [2.45, 2.75) is 6.54 Å². The van der Waals surface area contributed by atoms with Gasteiger partial charge in [0.05, 0.1) is 28.4 Å². The first-order chi connectivity index (χ1) is 9.00. The minimum Gasteiger partial charge on any atom is -0.345 e. The minimum atomic E-state index is -0.685. The van der Waals surface area contributed by atoms with E-state index >= 15 is 0 Å². The van der Waals surface area contributed by atoms with E-state index in [0.29, 0.717) is 10.7 Å². The summed E-state index contributed by atoms with van der Waals surface area (Å²) in [6, 6.07) is 0. The second-order valence-corrected chi connectivity index (χ2v) is 4.04. The normalized spacial score (nSPS) is 10.4. The lowest BCUT2D eigenvalue weighted by molar-refractivity contribution is -0.385. The average molecular weight is 285 g/mol. The summed E-state index contributed by atoms with van der Waals surface area (Å²) < 4.78 is 1.50. The van der Waals surface area contributed by atoms with Crippen molar-refractivity contribution in [3.63, 3.8) is 0 Å². The lowest BCUT2D eigenvalue weighted by atomic mass is 10.3. The van der Waals surface area contributed by atoms with Crippen LogP contribution in [0.25, 0.3) is 0 Å². The van der Waals surface area contributed by atoms with Crippen LogP contribution in [0.3, 0.4) is 0 Å². The van der Waals surface area contributed by atoms with E-state index in [9.17, 15) is 14.9 Å². The number of carbonyl (C=O) groups excluding carboxylic acids is 1. The Morgan fingerprint density at radius 3 is 2.95 bits per heavy atom. The van der Waals surface area contributed by atoms with Gasteiger partial charge in [0.25, 0.3) is 5.91 Å². The van der Waals surface area contributed by atoms with E-state index in [4.69, 9.17) is 11.6 Å². The van der Waals surface area contributed by atoms with Crippen LogP contribution in [0.1, 0.15) is 16.2 Å². The van der Waals surface area contributed by atoms with E-state index in [2.05, 4.69) is 20.6 Å². The van der Waals surface area contributed by atoms with Crippen LogP contribution in [0, 0.1) is 10.1 Å². The van der Waals surface area contributed by atoms with Gasteiger partial charge in [0, 0.05) is 7.05 Å². The Hall–Kier alpha value is -2.42. The van der Waals surface area contributed by atoms with E-state index in [-0.39, 0.29) is 17.9 Å². The third-order valence-corrected chi connectivity index (χ3v) is 2.79. The van der Waals surface area contributed by atoms with Gasteiger partial charge in [0.2, 0.25) is 5.69 Å². The summed E-state index contributed by atoms with van der Waals surface area (Å²) in [5.74, 6) is -0.638. The molecule has 2 aromatic rings. The van der Waals surface area contributed by atoms with E-state index in [0.717, 1.165) is 6.20 Å². The number of nitrogens with zero attached hydrogens (tertiary/aromatic N) is 4. The molecule has 100 valence electrons. The molecule has 0 aromatic carbocycles. The Morgan fingerprint density at radius 1 is 1.63 bits per heavy atom. The molecule has 0 saturated carbocycles. The third kappa shape index (κ3) is 2.55. The second-order valence-electron chi connectivity index (χ2n) is 3.63. The zero-order valence-corrected chi connectivity index (χ0v) is 10.5. The largest absolute Gasteiger partial charge is 0.345 e. The molecule has 0 aliphatic heterocycles. The average Bonchev–Trinajstić information content (AvgIpc) is 2.95. The number of nitrogens with one attached hydrogen (secondary N) is 2. The molecule has 0 saturated heterocycles. The second kappa shape index (κ2) is 5.06. The molecule has 10 heteroatoms. The van der Waals surface area contributed by atoms with E-state index < -0.39 is 10.8 Å². The number of halogens is 1. The Balaban J connectivity index is 2.10. The van der Waals surface area contributed by atoms with Gasteiger partial charge in [-0.1, -0.05) is 11.6 Å². The van der Waals surface area contributed by atoms with Crippen LogP contribution in [-0.4, -0.2) is 30.8 Å². The van der Waals surface area contributed by atoms with Crippen LogP contribution in [0.2, 0.25) is 5.02 Å². The van der Waals surface area contributed by atoms with Crippen LogP contribution in [0.5, 0.6) is 0 Å². The summed E-state index contributed by atoms with van der Waals surface area (Å²) in [5.41, 5.74) is 0.00841. The summed E-state index contributed by atoms with van der Waals surface area (Å²) in [5, 5.41) is 23.2. The van der Waals surface area contributed by atoms with Crippen molar-refractivity contribution in [1.29, 1.82) is 0 Å². The van der Waals surface area contributed by atoms with Gasteiger partial charge in [-0.15, -0.1) is 0 Å². The van der Waals surface area contributed by atoms with E-state index in [1.807, 2.05) is 0 Å². The fourth-order valence-corrected chi connectivity index (χ4v) is 1.71. The van der Waals surface area contributed by atoms with Crippen molar-refractivity contribution in [2.75, 3.05) is 0 Å². The highest BCUT2D eigenvalue weighted by Gasteiger charge is 2.22. The van der Waals surface area contributed by atoms with Crippen molar-refractivity contribution in [3.05, 3.63) is 38.9 Å². The molecule has 1 amide bonds. The van der Waals surface area contributed by atoms with Crippen molar-refractivity contribution >= 4 is 23.2 Å². The summed E-state index contributed by atoms with van der Waals surface area (Å²) in [6.07, 6.45) is 2.42. The highest BCUT2D eigenvalue weighted by Crippen LogP contribution is 2.16. The van der Waals surface area contributed by atoms with Crippen LogP contribution in [-0.2, 0) is 13.6 Å². The smallest absolute Gasteiger partial charge is 0.319 e. The lowest BCUT2D eigenvalue weighted by Gasteiger charge is -2.04. The maximum absolute atomic E-state index is 11.8. The number of rotatable bonds is 4.